The molecule has 0 saturated carbocycles. The smallest absolute Gasteiger partial charge is 0.231 e. The van der Waals surface area contributed by atoms with Crippen LogP contribution in [0.4, 0.5) is 0 Å². The minimum absolute atomic E-state index is 0.0735. The first-order valence-corrected chi connectivity index (χ1v) is 12.8. The highest BCUT2D eigenvalue weighted by atomic mass is 16.7. The number of amides is 1. The third-order valence-corrected chi connectivity index (χ3v) is 7.21. The SMILES string of the molecule is CC(C)(C)c1ccc(-c2cc(C[C@H]3CNCC[C@H]3CC(=O)NCc3ccc4c(c3)OCO4)no2)cc1. The molecule has 7 heteroatoms. The lowest BCUT2D eigenvalue weighted by atomic mass is 9.81. The Morgan fingerprint density at radius 2 is 1.86 bits per heavy atom. The van der Waals surface area contributed by atoms with Crippen molar-refractivity contribution in [3.05, 3.63) is 65.4 Å². The van der Waals surface area contributed by atoms with E-state index in [-0.39, 0.29) is 18.1 Å². The van der Waals surface area contributed by atoms with Gasteiger partial charge in [0.15, 0.2) is 17.3 Å². The second-order valence-corrected chi connectivity index (χ2v) is 10.9. The molecule has 1 saturated heterocycles. The summed E-state index contributed by atoms with van der Waals surface area (Å²) in [5.74, 6) is 2.97. The van der Waals surface area contributed by atoms with Crippen molar-refractivity contribution in [3.63, 3.8) is 0 Å². The van der Waals surface area contributed by atoms with Crippen LogP contribution in [0.1, 0.15) is 50.4 Å². The van der Waals surface area contributed by atoms with E-state index >= 15 is 0 Å². The van der Waals surface area contributed by atoms with Gasteiger partial charge in [-0.2, -0.15) is 0 Å². The average molecular weight is 490 g/mol. The number of nitrogens with zero attached hydrogens (tertiary/aromatic N) is 1. The van der Waals surface area contributed by atoms with Crippen LogP contribution < -0.4 is 20.1 Å². The molecule has 0 aliphatic carbocycles. The highest BCUT2D eigenvalue weighted by Gasteiger charge is 2.28. The molecule has 36 heavy (non-hydrogen) atoms. The minimum atomic E-state index is 0.0735. The van der Waals surface area contributed by atoms with E-state index in [4.69, 9.17) is 14.0 Å². The molecule has 7 nitrogen and oxygen atoms in total. The summed E-state index contributed by atoms with van der Waals surface area (Å²) in [6, 6.07) is 16.3. The fraction of sp³-hybridized carbons (Fsp3) is 0.448. The molecule has 5 rings (SSSR count). The number of benzene rings is 2. The van der Waals surface area contributed by atoms with Gasteiger partial charge in [0.1, 0.15) is 0 Å². The summed E-state index contributed by atoms with van der Waals surface area (Å²) in [6.07, 6.45) is 2.27. The Morgan fingerprint density at radius 3 is 2.67 bits per heavy atom. The van der Waals surface area contributed by atoms with Crippen molar-refractivity contribution in [2.45, 2.75) is 52.0 Å². The number of aromatic nitrogens is 1. The van der Waals surface area contributed by atoms with Gasteiger partial charge in [0, 0.05) is 24.6 Å². The Morgan fingerprint density at radius 1 is 1.06 bits per heavy atom. The first kappa shape index (κ1) is 24.4. The van der Waals surface area contributed by atoms with E-state index in [2.05, 4.69) is 60.8 Å². The number of hydrogen-bond acceptors (Lipinski definition) is 6. The molecule has 0 bridgehead atoms. The summed E-state index contributed by atoms with van der Waals surface area (Å²) < 4.78 is 16.5. The van der Waals surface area contributed by atoms with Crippen molar-refractivity contribution in [2.24, 2.45) is 11.8 Å². The monoisotopic (exact) mass is 489 g/mol. The van der Waals surface area contributed by atoms with E-state index in [1.54, 1.807) is 0 Å². The molecule has 3 heterocycles. The number of hydrogen-bond donors (Lipinski definition) is 2. The van der Waals surface area contributed by atoms with Gasteiger partial charge in [0.25, 0.3) is 0 Å². The predicted molar refractivity (Wildman–Crippen MR) is 138 cm³/mol. The van der Waals surface area contributed by atoms with Gasteiger partial charge in [-0.3, -0.25) is 4.79 Å². The second-order valence-electron chi connectivity index (χ2n) is 10.9. The molecule has 1 amide bonds. The van der Waals surface area contributed by atoms with Crippen LogP contribution in [0.2, 0.25) is 0 Å². The number of fused-ring (bicyclic) bond motifs is 1. The second kappa shape index (κ2) is 10.3. The minimum Gasteiger partial charge on any atom is -0.454 e. The maximum Gasteiger partial charge on any atom is 0.231 e. The summed E-state index contributed by atoms with van der Waals surface area (Å²) in [5, 5.41) is 10.9. The highest BCUT2D eigenvalue weighted by molar-refractivity contribution is 5.76. The van der Waals surface area contributed by atoms with Crippen LogP contribution in [0, 0.1) is 11.8 Å². The standard InChI is InChI=1S/C29H35N3O4/c1-29(2,3)23-7-5-20(6-8-23)26-15-24(32-36-26)13-22-17-30-11-10-21(22)14-28(33)31-16-19-4-9-25-27(12-19)35-18-34-25/h4-9,12,15,21-22,30H,10-11,13-14,16-18H2,1-3H3,(H,31,33)/t21-,22-/m0/s1. The molecule has 1 fully saturated rings. The van der Waals surface area contributed by atoms with Gasteiger partial charge in [0.05, 0.1) is 5.69 Å². The number of rotatable bonds is 7. The zero-order valence-corrected chi connectivity index (χ0v) is 21.3. The van der Waals surface area contributed by atoms with Crippen LogP contribution in [-0.4, -0.2) is 30.9 Å². The molecule has 3 aromatic rings. The highest BCUT2D eigenvalue weighted by Crippen LogP contribution is 2.33. The van der Waals surface area contributed by atoms with Crippen molar-refractivity contribution in [1.29, 1.82) is 0 Å². The Hall–Kier alpha value is -3.32. The molecule has 2 atom stereocenters. The Balaban J connectivity index is 1.17. The quantitative estimate of drug-likeness (QED) is 0.494. The summed E-state index contributed by atoms with van der Waals surface area (Å²) >= 11 is 0. The normalized spacial score (nSPS) is 19.3. The molecule has 2 aliphatic rings. The van der Waals surface area contributed by atoms with Crippen LogP contribution >= 0.6 is 0 Å². The number of nitrogens with one attached hydrogen (secondary N) is 2. The maximum absolute atomic E-state index is 12.8. The van der Waals surface area contributed by atoms with Gasteiger partial charge in [-0.1, -0.05) is 56.3 Å². The number of piperidine rings is 1. The van der Waals surface area contributed by atoms with E-state index in [0.717, 1.165) is 60.0 Å². The molecule has 1 aromatic heterocycles. The van der Waals surface area contributed by atoms with E-state index < -0.39 is 0 Å². The molecule has 0 radical (unpaired) electrons. The van der Waals surface area contributed by atoms with E-state index in [9.17, 15) is 4.79 Å². The van der Waals surface area contributed by atoms with Crippen LogP contribution in [0.15, 0.2) is 53.1 Å². The lowest BCUT2D eigenvalue weighted by Crippen LogP contribution is -2.40. The van der Waals surface area contributed by atoms with Crippen molar-refractivity contribution in [1.82, 2.24) is 15.8 Å². The molecule has 2 aliphatic heterocycles. The van der Waals surface area contributed by atoms with Gasteiger partial charge in [-0.15, -0.1) is 0 Å². The van der Waals surface area contributed by atoms with Crippen LogP contribution in [0.3, 0.4) is 0 Å². The fourth-order valence-electron chi connectivity index (χ4n) is 4.99. The van der Waals surface area contributed by atoms with Crippen LogP contribution in [0.5, 0.6) is 11.5 Å². The van der Waals surface area contributed by atoms with Crippen LogP contribution in [-0.2, 0) is 23.2 Å². The maximum atomic E-state index is 12.8. The van der Waals surface area contributed by atoms with Crippen molar-refractivity contribution < 1.29 is 18.8 Å². The molecule has 2 N–H and O–H groups in total. The van der Waals surface area contributed by atoms with E-state index in [1.165, 1.54) is 5.56 Å². The predicted octanol–water partition coefficient (Wildman–Crippen LogP) is 4.84. The van der Waals surface area contributed by atoms with Crippen molar-refractivity contribution >= 4 is 5.91 Å². The summed E-state index contributed by atoms with van der Waals surface area (Å²) in [4.78, 5) is 12.8. The first-order valence-electron chi connectivity index (χ1n) is 12.8. The van der Waals surface area contributed by atoms with Crippen molar-refractivity contribution in [2.75, 3.05) is 19.9 Å². The van der Waals surface area contributed by atoms with Gasteiger partial charge in [0.2, 0.25) is 12.7 Å². The molecular weight excluding hydrogens is 454 g/mol. The third kappa shape index (κ3) is 5.73. The molecular formula is C29H35N3O4. The Bertz CT molecular complexity index is 1200. The number of carbonyl (C=O) groups excluding carboxylic acids is 1. The molecule has 0 spiro atoms. The molecule has 190 valence electrons. The van der Waals surface area contributed by atoms with Gasteiger partial charge in [-0.25, -0.2) is 0 Å². The lowest BCUT2D eigenvalue weighted by Gasteiger charge is -2.31. The summed E-state index contributed by atoms with van der Waals surface area (Å²) in [7, 11) is 0. The summed E-state index contributed by atoms with van der Waals surface area (Å²) in [5.41, 5.74) is 4.37. The number of carbonyl (C=O) groups is 1. The largest absolute Gasteiger partial charge is 0.454 e. The zero-order valence-electron chi connectivity index (χ0n) is 21.3. The Kier molecular flexibility index (Phi) is 7.01. The zero-order chi connectivity index (χ0) is 25.1. The number of ether oxygens (including phenoxy) is 2. The first-order chi connectivity index (χ1) is 17.3. The topological polar surface area (TPSA) is 85.6 Å². The van der Waals surface area contributed by atoms with Crippen molar-refractivity contribution in [3.8, 4) is 22.8 Å². The summed E-state index contributed by atoms with van der Waals surface area (Å²) in [6.45, 7) is 9.16. The average Bonchev–Trinajstić information content (AvgIpc) is 3.53. The van der Waals surface area contributed by atoms with Crippen LogP contribution in [0.25, 0.3) is 11.3 Å². The van der Waals surface area contributed by atoms with Gasteiger partial charge >= 0.3 is 0 Å². The van der Waals surface area contributed by atoms with Gasteiger partial charge < -0.3 is 24.6 Å². The molecule has 2 aromatic carbocycles. The molecule has 0 unspecified atom stereocenters. The third-order valence-electron chi connectivity index (χ3n) is 7.21. The lowest BCUT2D eigenvalue weighted by molar-refractivity contribution is -0.122. The fourth-order valence-corrected chi connectivity index (χ4v) is 4.99. The van der Waals surface area contributed by atoms with E-state index in [1.807, 2.05) is 24.3 Å². The van der Waals surface area contributed by atoms with E-state index in [0.29, 0.717) is 24.8 Å². The Labute approximate surface area is 212 Å². The van der Waals surface area contributed by atoms with Gasteiger partial charge in [-0.05, 0) is 66.4 Å².